The number of para-hydroxylation sites is 1. The molecule has 0 amide bonds. The number of hydrogen-bond donors (Lipinski definition) is 1. The third-order valence-electron chi connectivity index (χ3n) is 1.67. The Morgan fingerprint density at radius 1 is 1.50 bits per heavy atom. The number of hydrogen-bond acceptors (Lipinski definition) is 4. The maximum atomic E-state index is 10.4. The second kappa shape index (κ2) is 5.18. The molecule has 0 bridgehead atoms. The molecule has 0 spiro atoms. The van der Waals surface area contributed by atoms with Crippen molar-refractivity contribution in [3.8, 4) is 0 Å². The van der Waals surface area contributed by atoms with Crippen LogP contribution in [0.1, 0.15) is 13.3 Å². The van der Waals surface area contributed by atoms with Crippen LogP contribution in [0.4, 0.5) is 5.69 Å². The van der Waals surface area contributed by atoms with E-state index in [4.69, 9.17) is 4.84 Å². The summed E-state index contributed by atoms with van der Waals surface area (Å²) in [6, 6.07) is 9.03. The molecule has 0 heterocycles. The maximum absolute atomic E-state index is 10.4. The summed E-state index contributed by atoms with van der Waals surface area (Å²) in [5.41, 5.74) is 3.24. The van der Waals surface area contributed by atoms with Gasteiger partial charge in [0.25, 0.3) is 0 Å². The number of nitrogens with one attached hydrogen (secondary N) is 1. The molecule has 0 radical (unpaired) electrons. The van der Waals surface area contributed by atoms with Crippen molar-refractivity contribution in [2.75, 3.05) is 5.48 Å². The molecule has 1 rings (SSSR count). The fourth-order valence-corrected chi connectivity index (χ4v) is 0.918. The van der Waals surface area contributed by atoms with E-state index in [1.54, 1.807) is 19.1 Å². The molecule has 5 heteroatoms. The molecular formula is C9H12N2O3. The van der Waals surface area contributed by atoms with Crippen molar-refractivity contribution in [2.24, 2.45) is 0 Å². The second-order valence-electron chi connectivity index (χ2n) is 2.73. The fourth-order valence-electron chi connectivity index (χ4n) is 0.918. The molecule has 5 nitrogen and oxygen atoms in total. The van der Waals surface area contributed by atoms with Crippen molar-refractivity contribution in [2.45, 2.75) is 19.6 Å². The third kappa shape index (κ3) is 3.02. The summed E-state index contributed by atoms with van der Waals surface area (Å²) in [7, 11) is 0. The van der Waals surface area contributed by atoms with Gasteiger partial charge in [-0.1, -0.05) is 25.1 Å². The summed E-state index contributed by atoms with van der Waals surface area (Å²) in [6.07, 6.45) is -0.678. The van der Waals surface area contributed by atoms with Crippen LogP contribution >= 0.6 is 0 Å². The molecule has 1 unspecified atom stereocenters. The Balaban J connectivity index is 2.44. The molecular weight excluding hydrogens is 184 g/mol. The molecule has 1 aromatic carbocycles. The van der Waals surface area contributed by atoms with Crippen LogP contribution in [0.3, 0.4) is 0 Å². The lowest BCUT2D eigenvalue weighted by Gasteiger charge is -2.09. The van der Waals surface area contributed by atoms with E-state index in [0.29, 0.717) is 12.1 Å². The Labute approximate surface area is 81.8 Å². The van der Waals surface area contributed by atoms with Crippen LogP contribution in [-0.2, 0) is 4.84 Å². The zero-order valence-corrected chi connectivity index (χ0v) is 7.84. The minimum Gasteiger partial charge on any atom is -0.262 e. The lowest BCUT2D eigenvalue weighted by Crippen LogP contribution is -2.24. The highest BCUT2D eigenvalue weighted by molar-refractivity contribution is 5.39. The van der Waals surface area contributed by atoms with Crippen LogP contribution in [0.15, 0.2) is 30.3 Å². The van der Waals surface area contributed by atoms with Gasteiger partial charge in [0.15, 0.2) is 0 Å². The van der Waals surface area contributed by atoms with Gasteiger partial charge in [-0.05, 0) is 12.1 Å². The third-order valence-corrected chi connectivity index (χ3v) is 1.67. The van der Waals surface area contributed by atoms with E-state index >= 15 is 0 Å². The first kappa shape index (κ1) is 10.5. The van der Waals surface area contributed by atoms with Crippen LogP contribution in [0.25, 0.3) is 0 Å². The van der Waals surface area contributed by atoms with Crippen LogP contribution in [-0.4, -0.2) is 11.2 Å². The minimum absolute atomic E-state index is 0.326. The Bertz CT molecular complexity index is 289. The number of anilines is 1. The predicted octanol–water partition coefficient (Wildman–Crippen LogP) is 2.04. The summed E-state index contributed by atoms with van der Waals surface area (Å²) in [5.74, 6) is 0. The highest BCUT2D eigenvalue weighted by atomic mass is 16.7. The summed E-state index contributed by atoms with van der Waals surface area (Å²) < 4.78 is 0. The van der Waals surface area contributed by atoms with Crippen molar-refractivity contribution in [1.82, 2.24) is 0 Å². The second-order valence-corrected chi connectivity index (χ2v) is 2.73. The normalized spacial score (nSPS) is 12.1. The van der Waals surface area contributed by atoms with Gasteiger partial charge >= 0.3 is 6.23 Å². The average molecular weight is 196 g/mol. The van der Waals surface area contributed by atoms with E-state index in [1.807, 2.05) is 18.2 Å². The van der Waals surface area contributed by atoms with Gasteiger partial charge in [0.1, 0.15) is 0 Å². The first-order valence-electron chi connectivity index (χ1n) is 4.34. The van der Waals surface area contributed by atoms with Gasteiger partial charge in [0.2, 0.25) is 0 Å². The molecule has 76 valence electrons. The fraction of sp³-hybridized carbons (Fsp3) is 0.333. The van der Waals surface area contributed by atoms with Crippen LogP contribution in [0.5, 0.6) is 0 Å². The monoisotopic (exact) mass is 196 g/mol. The van der Waals surface area contributed by atoms with Crippen molar-refractivity contribution in [1.29, 1.82) is 0 Å². The molecule has 1 aromatic rings. The highest BCUT2D eigenvalue weighted by Crippen LogP contribution is 2.07. The highest BCUT2D eigenvalue weighted by Gasteiger charge is 2.17. The maximum Gasteiger partial charge on any atom is 0.335 e. The van der Waals surface area contributed by atoms with E-state index in [9.17, 15) is 10.1 Å². The van der Waals surface area contributed by atoms with Crippen LogP contribution in [0, 0.1) is 10.1 Å². The molecule has 14 heavy (non-hydrogen) atoms. The molecule has 0 fully saturated rings. The standard InChI is InChI=1S/C9H12N2O3/c1-2-9(11(12)13)14-10-8-6-4-3-5-7-8/h3-7,9-10H,2H2,1H3. The first-order chi connectivity index (χ1) is 6.74. The zero-order chi connectivity index (χ0) is 10.4. The van der Waals surface area contributed by atoms with Crippen molar-refractivity contribution in [3.63, 3.8) is 0 Å². The van der Waals surface area contributed by atoms with Gasteiger partial charge < -0.3 is 0 Å². The van der Waals surface area contributed by atoms with Gasteiger partial charge in [-0.2, -0.15) is 0 Å². The topological polar surface area (TPSA) is 64.4 Å². The number of nitro groups is 1. The average Bonchev–Trinajstić information content (AvgIpc) is 2.20. The molecule has 0 aliphatic rings. The Kier molecular flexibility index (Phi) is 3.87. The Hall–Kier alpha value is -1.62. The van der Waals surface area contributed by atoms with Gasteiger partial charge in [-0.15, -0.1) is 0 Å². The summed E-state index contributed by atoms with van der Waals surface area (Å²) in [5, 5.41) is 10.4. The Morgan fingerprint density at radius 2 is 2.14 bits per heavy atom. The smallest absolute Gasteiger partial charge is 0.262 e. The van der Waals surface area contributed by atoms with E-state index in [0.717, 1.165) is 0 Å². The summed E-state index contributed by atoms with van der Waals surface area (Å²) in [4.78, 5) is 14.8. The predicted molar refractivity (Wildman–Crippen MR) is 52.2 cm³/mol. The van der Waals surface area contributed by atoms with Gasteiger partial charge in [-0.3, -0.25) is 15.6 Å². The first-order valence-corrected chi connectivity index (χ1v) is 4.34. The largest absolute Gasteiger partial charge is 0.335 e. The molecule has 0 aliphatic carbocycles. The van der Waals surface area contributed by atoms with Crippen molar-refractivity contribution < 1.29 is 9.76 Å². The van der Waals surface area contributed by atoms with Gasteiger partial charge in [0, 0.05) is 6.42 Å². The lowest BCUT2D eigenvalue weighted by atomic mass is 10.3. The quantitative estimate of drug-likeness (QED) is 0.444. The number of benzene rings is 1. The zero-order valence-electron chi connectivity index (χ0n) is 7.84. The molecule has 0 aliphatic heterocycles. The minimum atomic E-state index is -1.00. The van der Waals surface area contributed by atoms with Crippen molar-refractivity contribution >= 4 is 5.69 Å². The van der Waals surface area contributed by atoms with E-state index in [-0.39, 0.29) is 0 Å². The molecule has 1 atom stereocenters. The SMILES string of the molecule is CCC(ONc1ccccc1)[N+](=O)[O-]. The number of nitrogens with zero attached hydrogens (tertiary/aromatic N) is 1. The molecule has 0 aromatic heterocycles. The van der Waals surface area contributed by atoms with Gasteiger partial charge in [0.05, 0.1) is 10.6 Å². The molecule has 0 saturated carbocycles. The van der Waals surface area contributed by atoms with Crippen LogP contribution < -0.4 is 5.48 Å². The van der Waals surface area contributed by atoms with Gasteiger partial charge in [-0.25, -0.2) is 4.84 Å². The van der Waals surface area contributed by atoms with Crippen molar-refractivity contribution in [3.05, 3.63) is 40.4 Å². The van der Waals surface area contributed by atoms with E-state index < -0.39 is 11.2 Å². The number of rotatable bonds is 5. The Morgan fingerprint density at radius 3 is 2.64 bits per heavy atom. The van der Waals surface area contributed by atoms with E-state index in [2.05, 4.69) is 5.48 Å². The lowest BCUT2D eigenvalue weighted by molar-refractivity contribution is -0.573. The summed E-state index contributed by atoms with van der Waals surface area (Å²) in [6.45, 7) is 1.69. The van der Waals surface area contributed by atoms with E-state index in [1.165, 1.54) is 0 Å². The van der Waals surface area contributed by atoms with Crippen LogP contribution in [0.2, 0.25) is 0 Å². The summed E-state index contributed by atoms with van der Waals surface area (Å²) >= 11 is 0. The molecule has 0 saturated heterocycles. The molecule has 1 N–H and O–H groups in total.